The van der Waals surface area contributed by atoms with Gasteiger partial charge < -0.3 is 0 Å². The van der Waals surface area contributed by atoms with E-state index in [-0.39, 0.29) is 17.1 Å². The van der Waals surface area contributed by atoms with Crippen molar-refractivity contribution in [3.05, 3.63) is 95.1 Å². The zero-order valence-corrected chi connectivity index (χ0v) is 16.8. The first-order chi connectivity index (χ1) is 13.3. The second-order valence-corrected chi connectivity index (χ2v) is 8.60. The van der Waals surface area contributed by atoms with Crippen LogP contribution in [0.25, 0.3) is 0 Å². The lowest BCUT2D eigenvalue weighted by Crippen LogP contribution is -2.15. The lowest BCUT2D eigenvalue weighted by molar-refractivity contribution is -0.117. The second kappa shape index (κ2) is 8.40. The van der Waals surface area contributed by atoms with Crippen LogP contribution in [-0.4, -0.2) is 14.2 Å². The summed E-state index contributed by atoms with van der Waals surface area (Å²) in [6, 6.07) is 21.8. The van der Waals surface area contributed by atoms with Crippen molar-refractivity contribution < 1.29 is 13.2 Å². The smallest absolute Gasteiger partial charge is 0.262 e. The van der Waals surface area contributed by atoms with E-state index in [1.807, 2.05) is 43.3 Å². The SMILES string of the molecule is Cc1ccc(CC(=O)Cc2ccc(C)c(S(=O)(=O)Nc3ccccc3)c2)cc1. The van der Waals surface area contributed by atoms with Crippen LogP contribution in [0.2, 0.25) is 0 Å². The molecule has 0 aromatic heterocycles. The monoisotopic (exact) mass is 393 g/mol. The van der Waals surface area contributed by atoms with Gasteiger partial charge in [0.15, 0.2) is 0 Å². The van der Waals surface area contributed by atoms with Crippen molar-refractivity contribution in [1.82, 2.24) is 0 Å². The molecule has 0 aliphatic carbocycles. The molecule has 0 atom stereocenters. The van der Waals surface area contributed by atoms with E-state index < -0.39 is 10.0 Å². The molecule has 0 radical (unpaired) electrons. The molecule has 0 bridgehead atoms. The molecule has 3 aromatic carbocycles. The minimum Gasteiger partial charge on any atom is -0.299 e. The average molecular weight is 394 g/mol. The van der Waals surface area contributed by atoms with Gasteiger partial charge in [-0.2, -0.15) is 0 Å². The third-order valence-electron chi connectivity index (χ3n) is 4.49. The number of nitrogens with one attached hydrogen (secondary N) is 1. The maximum atomic E-state index is 12.8. The number of Topliss-reactive ketones (excluding diaryl/α,β-unsaturated/α-hetero) is 1. The molecular formula is C23H23NO3S. The molecule has 5 heteroatoms. The minimum absolute atomic E-state index is 0.0482. The van der Waals surface area contributed by atoms with E-state index in [2.05, 4.69) is 4.72 Å². The molecule has 0 aliphatic rings. The van der Waals surface area contributed by atoms with E-state index in [1.165, 1.54) is 0 Å². The minimum atomic E-state index is -3.73. The molecule has 0 saturated carbocycles. The van der Waals surface area contributed by atoms with Gasteiger partial charge in [0.25, 0.3) is 10.0 Å². The first-order valence-electron chi connectivity index (χ1n) is 9.08. The number of benzene rings is 3. The number of para-hydroxylation sites is 1. The quantitative estimate of drug-likeness (QED) is 0.645. The molecule has 0 fully saturated rings. The average Bonchev–Trinajstić information content (AvgIpc) is 2.65. The molecule has 0 amide bonds. The number of hydrogen-bond acceptors (Lipinski definition) is 3. The van der Waals surface area contributed by atoms with Gasteiger partial charge >= 0.3 is 0 Å². The summed E-state index contributed by atoms with van der Waals surface area (Å²) in [6.07, 6.45) is 0.528. The Labute approximate surface area is 166 Å². The summed E-state index contributed by atoms with van der Waals surface area (Å²) < 4.78 is 28.2. The zero-order valence-electron chi connectivity index (χ0n) is 16.0. The molecule has 0 saturated heterocycles. The highest BCUT2D eigenvalue weighted by Crippen LogP contribution is 2.21. The predicted molar refractivity (Wildman–Crippen MR) is 112 cm³/mol. The van der Waals surface area contributed by atoms with Crippen LogP contribution in [0.3, 0.4) is 0 Å². The Morgan fingerprint density at radius 1 is 0.821 bits per heavy atom. The Morgan fingerprint density at radius 2 is 1.43 bits per heavy atom. The Hall–Kier alpha value is -2.92. The van der Waals surface area contributed by atoms with Crippen LogP contribution in [0.5, 0.6) is 0 Å². The summed E-state index contributed by atoms with van der Waals surface area (Å²) in [5, 5.41) is 0. The van der Waals surface area contributed by atoms with Gasteiger partial charge in [-0.1, -0.05) is 60.2 Å². The van der Waals surface area contributed by atoms with Gasteiger partial charge in [0, 0.05) is 18.5 Å². The fraction of sp³-hybridized carbons (Fsp3) is 0.174. The molecule has 0 spiro atoms. The number of ketones is 1. The summed E-state index contributed by atoms with van der Waals surface area (Å²) in [6.45, 7) is 3.75. The molecule has 28 heavy (non-hydrogen) atoms. The van der Waals surface area contributed by atoms with E-state index in [4.69, 9.17) is 0 Å². The summed E-state index contributed by atoms with van der Waals surface area (Å²) in [7, 11) is -3.73. The van der Waals surface area contributed by atoms with Crippen molar-refractivity contribution >= 4 is 21.5 Å². The Balaban J connectivity index is 1.77. The van der Waals surface area contributed by atoms with Crippen LogP contribution in [0.1, 0.15) is 22.3 Å². The fourth-order valence-corrected chi connectivity index (χ4v) is 4.34. The van der Waals surface area contributed by atoms with Gasteiger partial charge in [0.05, 0.1) is 4.90 Å². The topological polar surface area (TPSA) is 63.2 Å². The van der Waals surface area contributed by atoms with Crippen molar-refractivity contribution in [1.29, 1.82) is 0 Å². The Bertz CT molecular complexity index is 1070. The van der Waals surface area contributed by atoms with Gasteiger partial charge in [-0.25, -0.2) is 8.42 Å². The van der Waals surface area contributed by atoms with E-state index in [0.29, 0.717) is 23.2 Å². The zero-order chi connectivity index (χ0) is 20.1. The number of hydrogen-bond donors (Lipinski definition) is 1. The highest BCUT2D eigenvalue weighted by molar-refractivity contribution is 7.92. The Kier molecular flexibility index (Phi) is 5.95. The predicted octanol–water partition coefficient (Wildman–Crippen LogP) is 4.46. The second-order valence-electron chi connectivity index (χ2n) is 6.95. The number of rotatable bonds is 7. The number of carbonyl (C=O) groups excluding carboxylic acids is 1. The molecule has 1 N–H and O–H groups in total. The van der Waals surface area contributed by atoms with Crippen LogP contribution in [0, 0.1) is 13.8 Å². The maximum Gasteiger partial charge on any atom is 0.262 e. The highest BCUT2D eigenvalue weighted by atomic mass is 32.2. The normalized spacial score (nSPS) is 11.2. The van der Waals surface area contributed by atoms with Crippen molar-refractivity contribution in [3.8, 4) is 0 Å². The third-order valence-corrected chi connectivity index (χ3v) is 6.01. The summed E-state index contributed by atoms with van der Waals surface area (Å²) >= 11 is 0. The van der Waals surface area contributed by atoms with Gasteiger partial charge in [0.1, 0.15) is 5.78 Å². The van der Waals surface area contributed by atoms with Crippen LogP contribution in [-0.2, 0) is 27.7 Å². The van der Waals surface area contributed by atoms with Crippen LogP contribution in [0.15, 0.2) is 77.7 Å². The number of sulfonamides is 1. The molecule has 4 nitrogen and oxygen atoms in total. The molecular weight excluding hydrogens is 370 g/mol. The number of anilines is 1. The van der Waals surface area contributed by atoms with E-state index in [1.54, 1.807) is 43.3 Å². The molecule has 3 aromatic rings. The summed E-state index contributed by atoms with van der Waals surface area (Å²) in [5.41, 5.74) is 3.94. The standard InChI is InChI=1S/C23H23NO3S/c1-17-8-11-19(12-9-17)14-22(25)15-20-13-10-18(2)23(16-20)28(26,27)24-21-6-4-3-5-7-21/h3-13,16,24H,14-15H2,1-2H3. The summed E-state index contributed by atoms with van der Waals surface area (Å²) in [5.74, 6) is 0.0482. The molecule has 3 rings (SSSR count). The Morgan fingerprint density at radius 3 is 2.11 bits per heavy atom. The van der Waals surface area contributed by atoms with Gasteiger partial charge in [-0.05, 0) is 48.7 Å². The molecule has 144 valence electrons. The van der Waals surface area contributed by atoms with Crippen molar-refractivity contribution in [2.75, 3.05) is 4.72 Å². The molecule has 0 aliphatic heterocycles. The van der Waals surface area contributed by atoms with Gasteiger partial charge in [0.2, 0.25) is 0 Å². The summed E-state index contributed by atoms with van der Waals surface area (Å²) in [4.78, 5) is 12.6. The van der Waals surface area contributed by atoms with Gasteiger partial charge in [-0.15, -0.1) is 0 Å². The van der Waals surface area contributed by atoms with Crippen molar-refractivity contribution in [2.45, 2.75) is 31.6 Å². The van der Waals surface area contributed by atoms with Crippen LogP contribution in [0.4, 0.5) is 5.69 Å². The maximum absolute atomic E-state index is 12.8. The van der Waals surface area contributed by atoms with E-state index >= 15 is 0 Å². The lowest BCUT2D eigenvalue weighted by Gasteiger charge is -2.12. The number of carbonyl (C=O) groups is 1. The van der Waals surface area contributed by atoms with Crippen LogP contribution < -0.4 is 4.72 Å². The van der Waals surface area contributed by atoms with E-state index in [0.717, 1.165) is 11.1 Å². The first kappa shape index (κ1) is 19.8. The largest absolute Gasteiger partial charge is 0.299 e. The number of aryl methyl sites for hydroxylation is 2. The van der Waals surface area contributed by atoms with Crippen molar-refractivity contribution in [2.24, 2.45) is 0 Å². The molecule has 0 heterocycles. The lowest BCUT2D eigenvalue weighted by atomic mass is 10.0. The first-order valence-corrected chi connectivity index (χ1v) is 10.6. The fourth-order valence-electron chi connectivity index (χ4n) is 2.98. The van der Waals surface area contributed by atoms with E-state index in [9.17, 15) is 13.2 Å². The van der Waals surface area contributed by atoms with Crippen LogP contribution >= 0.6 is 0 Å². The third kappa shape index (κ3) is 5.08. The van der Waals surface area contributed by atoms with Crippen molar-refractivity contribution in [3.63, 3.8) is 0 Å². The van der Waals surface area contributed by atoms with Gasteiger partial charge in [-0.3, -0.25) is 9.52 Å². The molecule has 0 unspecified atom stereocenters. The highest BCUT2D eigenvalue weighted by Gasteiger charge is 2.18.